The maximum absolute atomic E-state index is 4.69. The van der Waals surface area contributed by atoms with E-state index in [0.717, 1.165) is 49.1 Å². The average Bonchev–Trinajstić information content (AvgIpc) is 2.78. The van der Waals surface area contributed by atoms with E-state index in [1.807, 2.05) is 30.6 Å². The Bertz CT molecular complexity index is 593. The van der Waals surface area contributed by atoms with Crippen molar-refractivity contribution < 1.29 is 0 Å². The summed E-state index contributed by atoms with van der Waals surface area (Å²) in [6.07, 6.45) is 1.63. The van der Waals surface area contributed by atoms with Gasteiger partial charge >= 0.3 is 0 Å². The van der Waals surface area contributed by atoms with Gasteiger partial charge < -0.3 is 15.1 Å². The lowest BCUT2D eigenvalue weighted by atomic mass is 10.3. The maximum Gasteiger partial charge on any atom is 0.207 e. The predicted octanol–water partition coefficient (Wildman–Crippen LogP) is 0.682. The molecule has 3 heterocycles. The van der Waals surface area contributed by atoms with Gasteiger partial charge in [0.1, 0.15) is 6.33 Å². The molecule has 0 aromatic carbocycles. The van der Waals surface area contributed by atoms with Crippen molar-refractivity contribution in [3.63, 3.8) is 0 Å². The van der Waals surface area contributed by atoms with E-state index in [0.29, 0.717) is 0 Å². The van der Waals surface area contributed by atoms with E-state index >= 15 is 0 Å². The highest BCUT2D eigenvalue weighted by Crippen LogP contribution is 2.25. The molecule has 2 aromatic heterocycles. The predicted molar refractivity (Wildman–Crippen MR) is 90.2 cm³/mol. The molecule has 0 atom stereocenters. The number of hydrogen-bond donors (Lipinski definition) is 1. The number of aromatic nitrogens is 4. The van der Waals surface area contributed by atoms with Crippen molar-refractivity contribution in [2.24, 2.45) is 7.05 Å². The summed E-state index contributed by atoms with van der Waals surface area (Å²) in [4.78, 5) is 17.7. The Hall–Kier alpha value is -1.31. The van der Waals surface area contributed by atoms with Gasteiger partial charge in [-0.3, -0.25) is 4.57 Å². The van der Waals surface area contributed by atoms with Gasteiger partial charge in [0.2, 0.25) is 5.95 Å². The third kappa shape index (κ3) is 3.14. The molecule has 7 nitrogen and oxygen atoms in total. The quantitative estimate of drug-likeness (QED) is 0.872. The second kappa shape index (κ2) is 7.11. The van der Waals surface area contributed by atoms with Gasteiger partial charge in [-0.2, -0.15) is 0 Å². The van der Waals surface area contributed by atoms with Crippen LogP contribution in [0, 0.1) is 0 Å². The monoisotopic (exact) mass is 333 g/mol. The molecule has 1 fully saturated rings. The van der Waals surface area contributed by atoms with Crippen molar-refractivity contribution in [3.05, 3.63) is 6.33 Å². The molecule has 1 aliphatic rings. The van der Waals surface area contributed by atoms with Gasteiger partial charge in [-0.25, -0.2) is 15.0 Å². The van der Waals surface area contributed by atoms with E-state index in [-0.39, 0.29) is 24.8 Å². The zero-order valence-electron chi connectivity index (χ0n) is 12.4. The fourth-order valence-corrected chi connectivity index (χ4v) is 2.48. The number of halogens is 2. The Kier molecular flexibility index (Phi) is 6.00. The summed E-state index contributed by atoms with van der Waals surface area (Å²) in [6.45, 7) is 3.89. The fourth-order valence-electron chi connectivity index (χ4n) is 2.48. The van der Waals surface area contributed by atoms with Crippen LogP contribution in [0.25, 0.3) is 11.2 Å². The lowest BCUT2D eigenvalue weighted by molar-refractivity contribution is 0.586. The number of anilines is 2. The van der Waals surface area contributed by atoms with E-state index in [1.54, 1.807) is 6.33 Å². The molecular formula is C12H21Cl2N7. The molecule has 1 saturated heterocycles. The fraction of sp³-hybridized carbons (Fsp3) is 0.583. The first kappa shape index (κ1) is 17.7. The summed E-state index contributed by atoms with van der Waals surface area (Å²) in [5.41, 5.74) is 1.77. The van der Waals surface area contributed by atoms with Crippen molar-refractivity contribution in [1.82, 2.24) is 24.8 Å². The third-order valence-electron chi connectivity index (χ3n) is 3.43. The number of imidazole rings is 1. The Morgan fingerprint density at radius 1 is 1.14 bits per heavy atom. The number of rotatable bonds is 2. The maximum atomic E-state index is 4.69. The van der Waals surface area contributed by atoms with Crippen LogP contribution in [0.3, 0.4) is 0 Å². The number of fused-ring (bicyclic) bond motifs is 1. The Balaban J connectivity index is 0.00000110. The first-order chi connectivity index (χ1) is 9.18. The van der Waals surface area contributed by atoms with Gasteiger partial charge in [0.15, 0.2) is 17.0 Å². The minimum absolute atomic E-state index is 0. The van der Waals surface area contributed by atoms with E-state index in [2.05, 4.69) is 25.2 Å². The molecule has 0 unspecified atom stereocenters. The Morgan fingerprint density at radius 2 is 1.81 bits per heavy atom. The summed E-state index contributed by atoms with van der Waals surface area (Å²) >= 11 is 0. The molecule has 9 heteroatoms. The average molecular weight is 334 g/mol. The second-order valence-corrected chi connectivity index (χ2v) is 4.97. The second-order valence-electron chi connectivity index (χ2n) is 4.97. The van der Waals surface area contributed by atoms with Gasteiger partial charge in [-0.1, -0.05) is 0 Å². The summed E-state index contributed by atoms with van der Waals surface area (Å²) in [5, 5.41) is 3.35. The lowest BCUT2D eigenvalue weighted by Gasteiger charge is -2.28. The van der Waals surface area contributed by atoms with Crippen molar-refractivity contribution in [2.45, 2.75) is 0 Å². The smallest absolute Gasteiger partial charge is 0.207 e. The van der Waals surface area contributed by atoms with Crippen LogP contribution in [0.5, 0.6) is 0 Å². The standard InChI is InChI=1S/C12H19N7.2ClH/c1-17(2)12-16-9-10(18(12)3)14-8-15-11(9)19-6-4-13-5-7-19;;/h8,13H,4-7H2,1-3H3;2*1H. The highest BCUT2D eigenvalue weighted by Gasteiger charge is 2.19. The normalized spacial score (nSPS) is 14.5. The summed E-state index contributed by atoms with van der Waals surface area (Å²) in [5.74, 6) is 1.84. The molecule has 0 amide bonds. The molecule has 1 aliphatic heterocycles. The SMILES string of the molecule is CN(C)c1nc2c(N3CCNCC3)ncnc2n1C.Cl.Cl. The van der Waals surface area contributed by atoms with Crippen LogP contribution >= 0.6 is 24.8 Å². The molecule has 3 rings (SSSR count). The molecule has 0 bridgehead atoms. The first-order valence-electron chi connectivity index (χ1n) is 6.49. The molecular weight excluding hydrogens is 313 g/mol. The van der Waals surface area contributed by atoms with Crippen LogP contribution in [-0.2, 0) is 7.05 Å². The van der Waals surface area contributed by atoms with Crippen LogP contribution in [0.2, 0.25) is 0 Å². The molecule has 0 saturated carbocycles. The van der Waals surface area contributed by atoms with Crippen molar-refractivity contribution in [2.75, 3.05) is 50.1 Å². The van der Waals surface area contributed by atoms with E-state index < -0.39 is 0 Å². The largest absolute Gasteiger partial charge is 0.352 e. The third-order valence-corrected chi connectivity index (χ3v) is 3.43. The van der Waals surface area contributed by atoms with Gasteiger partial charge in [-0.15, -0.1) is 24.8 Å². The van der Waals surface area contributed by atoms with Crippen LogP contribution in [0.15, 0.2) is 6.33 Å². The molecule has 0 aliphatic carbocycles. The van der Waals surface area contributed by atoms with Gasteiger partial charge in [0.25, 0.3) is 0 Å². The Labute approximate surface area is 136 Å². The molecule has 0 spiro atoms. The number of hydrogen-bond acceptors (Lipinski definition) is 6. The first-order valence-corrected chi connectivity index (χ1v) is 6.49. The van der Waals surface area contributed by atoms with Crippen LogP contribution in [0.1, 0.15) is 0 Å². The lowest BCUT2D eigenvalue weighted by Crippen LogP contribution is -2.44. The molecule has 118 valence electrons. The zero-order chi connectivity index (χ0) is 13.4. The van der Waals surface area contributed by atoms with E-state index in [9.17, 15) is 0 Å². The number of piperazine rings is 1. The molecule has 0 radical (unpaired) electrons. The zero-order valence-corrected chi connectivity index (χ0v) is 14.0. The van der Waals surface area contributed by atoms with E-state index in [1.165, 1.54) is 0 Å². The Morgan fingerprint density at radius 3 is 2.43 bits per heavy atom. The van der Waals surface area contributed by atoms with Crippen molar-refractivity contribution in [1.29, 1.82) is 0 Å². The van der Waals surface area contributed by atoms with Crippen molar-refractivity contribution >= 4 is 47.7 Å². The number of aryl methyl sites for hydroxylation is 1. The number of nitrogens with zero attached hydrogens (tertiary/aromatic N) is 6. The summed E-state index contributed by atoms with van der Waals surface area (Å²) in [7, 11) is 5.96. The number of nitrogens with one attached hydrogen (secondary N) is 1. The highest BCUT2D eigenvalue weighted by atomic mass is 35.5. The summed E-state index contributed by atoms with van der Waals surface area (Å²) < 4.78 is 2.00. The minimum atomic E-state index is 0. The van der Waals surface area contributed by atoms with E-state index in [4.69, 9.17) is 0 Å². The minimum Gasteiger partial charge on any atom is -0.352 e. The van der Waals surface area contributed by atoms with Crippen LogP contribution in [-0.4, -0.2) is 59.8 Å². The van der Waals surface area contributed by atoms with Crippen LogP contribution in [0.4, 0.5) is 11.8 Å². The van der Waals surface area contributed by atoms with Crippen molar-refractivity contribution in [3.8, 4) is 0 Å². The highest BCUT2D eigenvalue weighted by molar-refractivity contribution is 5.86. The topological polar surface area (TPSA) is 62.1 Å². The molecule has 21 heavy (non-hydrogen) atoms. The van der Waals surface area contributed by atoms with Crippen LogP contribution < -0.4 is 15.1 Å². The molecule has 1 N–H and O–H groups in total. The van der Waals surface area contributed by atoms with Gasteiger partial charge in [-0.05, 0) is 0 Å². The van der Waals surface area contributed by atoms with Gasteiger partial charge in [0.05, 0.1) is 0 Å². The summed E-state index contributed by atoms with van der Waals surface area (Å²) in [6, 6.07) is 0. The van der Waals surface area contributed by atoms with Gasteiger partial charge in [0, 0.05) is 47.3 Å². The molecule has 2 aromatic rings.